The third-order valence-corrected chi connectivity index (χ3v) is 5.21. The summed E-state index contributed by atoms with van der Waals surface area (Å²) in [6, 6.07) is 11.6. The number of rotatable bonds is 5. The van der Waals surface area contributed by atoms with Crippen LogP contribution in [0.1, 0.15) is 27.1 Å². The van der Waals surface area contributed by atoms with E-state index in [2.05, 4.69) is 16.4 Å². The maximum Gasteiger partial charge on any atom is 0.417 e. The molecule has 1 N–H and O–H groups in total. The maximum absolute atomic E-state index is 12.9. The number of alkyl halides is 3. The van der Waals surface area contributed by atoms with Crippen molar-refractivity contribution in [2.75, 3.05) is 5.32 Å². The topological polar surface area (TPSA) is 42.0 Å². The molecule has 3 rings (SSSR count). The number of aryl methyl sites for hydroxylation is 1. The number of carbonyl (C=O) groups is 1. The second kappa shape index (κ2) is 8.80. The largest absolute Gasteiger partial charge is 0.417 e. The monoisotopic (exact) mass is 436 g/mol. The van der Waals surface area contributed by atoms with E-state index in [0.717, 1.165) is 28.6 Å². The van der Waals surface area contributed by atoms with Gasteiger partial charge in [0.1, 0.15) is 0 Å². The summed E-state index contributed by atoms with van der Waals surface area (Å²) in [4.78, 5) is 17.2. The smallest absolute Gasteiger partial charge is 0.298 e. The van der Waals surface area contributed by atoms with Crippen molar-refractivity contribution in [2.24, 2.45) is 0 Å². The van der Waals surface area contributed by atoms with Crippen LogP contribution >= 0.6 is 22.9 Å². The van der Waals surface area contributed by atoms with Crippen LogP contribution in [0.3, 0.4) is 0 Å². The number of halogens is 4. The molecule has 29 heavy (non-hydrogen) atoms. The summed E-state index contributed by atoms with van der Waals surface area (Å²) in [5.74, 6) is -0.482. The second-order valence-corrected chi connectivity index (χ2v) is 7.88. The molecule has 0 saturated heterocycles. The average molecular weight is 437 g/mol. The van der Waals surface area contributed by atoms with Gasteiger partial charge >= 0.3 is 6.18 Å². The van der Waals surface area contributed by atoms with Crippen molar-refractivity contribution in [1.82, 2.24) is 4.98 Å². The second-order valence-electron chi connectivity index (χ2n) is 6.36. The Bertz CT molecular complexity index is 1060. The average Bonchev–Trinajstić information content (AvgIpc) is 3.06. The number of amides is 1. The van der Waals surface area contributed by atoms with Crippen molar-refractivity contribution in [3.63, 3.8) is 0 Å². The summed E-state index contributed by atoms with van der Waals surface area (Å²) >= 11 is 6.94. The van der Waals surface area contributed by atoms with Gasteiger partial charge in [0.25, 0.3) is 0 Å². The van der Waals surface area contributed by atoms with E-state index in [9.17, 15) is 18.0 Å². The van der Waals surface area contributed by atoms with Crippen molar-refractivity contribution < 1.29 is 18.0 Å². The highest BCUT2D eigenvalue weighted by atomic mass is 35.5. The van der Waals surface area contributed by atoms with Crippen LogP contribution in [-0.2, 0) is 17.4 Å². The molecule has 1 aromatic heterocycles. The van der Waals surface area contributed by atoms with Crippen LogP contribution in [0.25, 0.3) is 6.08 Å². The number of hydrogen-bond acceptors (Lipinski definition) is 3. The Hall–Kier alpha value is -2.64. The Labute approximate surface area is 174 Å². The van der Waals surface area contributed by atoms with E-state index < -0.39 is 17.6 Å². The third-order valence-electron chi connectivity index (χ3n) is 3.97. The number of thiazole rings is 1. The quantitative estimate of drug-likeness (QED) is 0.472. The summed E-state index contributed by atoms with van der Waals surface area (Å²) in [7, 11) is 0. The van der Waals surface area contributed by atoms with Crippen molar-refractivity contribution >= 4 is 40.1 Å². The first-order valence-corrected chi connectivity index (χ1v) is 9.76. The molecule has 0 atom stereocenters. The lowest BCUT2D eigenvalue weighted by atomic mass is 10.1. The lowest BCUT2D eigenvalue weighted by Crippen LogP contribution is -2.07. The van der Waals surface area contributed by atoms with Gasteiger partial charge in [-0.25, -0.2) is 4.98 Å². The zero-order valence-corrected chi connectivity index (χ0v) is 16.8. The molecule has 3 nitrogen and oxygen atoms in total. The molecule has 1 heterocycles. The van der Waals surface area contributed by atoms with Crippen molar-refractivity contribution in [3.05, 3.63) is 86.9 Å². The van der Waals surface area contributed by atoms with Crippen LogP contribution in [0, 0.1) is 6.92 Å². The van der Waals surface area contributed by atoms with Crippen LogP contribution in [0.15, 0.2) is 54.7 Å². The molecule has 3 aromatic rings. The van der Waals surface area contributed by atoms with E-state index in [1.54, 1.807) is 6.20 Å². The van der Waals surface area contributed by atoms with Gasteiger partial charge in [-0.1, -0.05) is 47.5 Å². The van der Waals surface area contributed by atoms with Crippen molar-refractivity contribution in [1.29, 1.82) is 0 Å². The Morgan fingerprint density at radius 2 is 2.03 bits per heavy atom. The minimum absolute atomic E-state index is 0.219. The van der Waals surface area contributed by atoms with Gasteiger partial charge in [-0.05, 0) is 36.3 Å². The normalized spacial score (nSPS) is 11.8. The highest BCUT2D eigenvalue weighted by molar-refractivity contribution is 7.15. The fraction of sp³-hybridized carbons (Fsp3) is 0.143. The van der Waals surface area contributed by atoms with Crippen LogP contribution in [0.4, 0.5) is 18.3 Å². The molecular formula is C21H16ClF3N2OS. The molecule has 1 amide bonds. The lowest BCUT2D eigenvalue weighted by Gasteiger charge is -2.09. The summed E-state index contributed by atoms with van der Waals surface area (Å²) < 4.78 is 38.7. The minimum Gasteiger partial charge on any atom is -0.298 e. The van der Waals surface area contributed by atoms with E-state index in [0.29, 0.717) is 11.6 Å². The molecule has 0 radical (unpaired) electrons. The number of nitrogens with zero attached hydrogens (tertiary/aromatic N) is 1. The number of anilines is 1. The van der Waals surface area contributed by atoms with E-state index in [1.165, 1.54) is 29.0 Å². The Balaban J connectivity index is 1.63. The van der Waals surface area contributed by atoms with Crippen molar-refractivity contribution in [3.8, 4) is 0 Å². The molecule has 0 aliphatic heterocycles. The van der Waals surface area contributed by atoms with Gasteiger partial charge in [-0.15, -0.1) is 11.3 Å². The van der Waals surface area contributed by atoms with E-state index in [-0.39, 0.29) is 10.6 Å². The minimum atomic E-state index is -4.56. The highest BCUT2D eigenvalue weighted by Crippen LogP contribution is 2.35. The van der Waals surface area contributed by atoms with Gasteiger partial charge in [-0.3, -0.25) is 10.1 Å². The van der Waals surface area contributed by atoms with Gasteiger partial charge in [0.2, 0.25) is 5.91 Å². The van der Waals surface area contributed by atoms with Gasteiger partial charge in [-0.2, -0.15) is 13.2 Å². The molecule has 150 valence electrons. The molecule has 0 saturated carbocycles. The van der Waals surface area contributed by atoms with Gasteiger partial charge in [0, 0.05) is 23.6 Å². The third kappa shape index (κ3) is 5.92. The summed E-state index contributed by atoms with van der Waals surface area (Å²) in [6.07, 6.45) is 0.294. The first-order chi connectivity index (χ1) is 13.7. The molecule has 2 aromatic carbocycles. The fourth-order valence-electron chi connectivity index (χ4n) is 2.65. The predicted octanol–water partition coefficient (Wildman–Crippen LogP) is 6.37. The fourth-order valence-corrected chi connectivity index (χ4v) is 3.73. The van der Waals surface area contributed by atoms with Crippen molar-refractivity contribution in [2.45, 2.75) is 19.5 Å². The first-order valence-electron chi connectivity index (χ1n) is 8.57. The zero-order chi connectivity index (χ0) is 21.0. The molecule has 0 aliphatic carbocycles. The number of hydrogen-bond donors (Lipinski definition) is 1. The summed E-state index contributed by atoms with van der Waals surface area (Å²) in [5.41, 5.74) is 1.59. The highest BCUT2D eigenvalue weighted by Gasteiger charge is 2.33. The summed E-state index contributed by atoms with van der Waals surface area (Å²) in [6.45, 7) is 2.02. The molecule has 0 aliphatic rings. The molecule has 0 spiro atoms. The van der Waals surface area contributed by atoms with Crippen LogP contribution in [0.5, 0.6) is 0 Å². The maximum atomic E-state index is 12.9. The van der Waals surface area contributed by atoms with E-state index >= 15 is 0 Å². The standard InChI is InChI=1S/C21H16ClF3N2OS/c1-13-3-2-4-15(9-13)10-16-12-26-20(29-16)27-19(28)8-6-14-5-7-18(22)17(11-14)21(23,24)25/h2-9,11-12H,10H2,1H3,(H,26,27,28)/b8-6+. The number of carbonyl (C=O) groups excluding carboxylic acids is 1. The molecule has 0 fully saturated rings. The van der Waals surface area contributed by atoms with Crippen LogP contribution in [0.2, 0.25) is 5.02 Å². The molecule has 0 bridgehead atoms. The molecular weight excluding hydrogens is 421 g/mol. The SMILES string of the molecule is Cc1cccc(Cc2cnc(NC(=O)/C=C/c3ccc(Cl)c(C(F)(F)F)c3)s2)c1. The molecule has 0 unspecified atom stereocenters. The number of benzene rings is 2. The van der Waals surface area contributed by atoms with Crippen LogP contribution in [-0.4, -0.2) is 10.9 Å². The first kappa shape index (κ1) is 21.1. The van der Waals surface area contributed by atoms with Gasteiger partial charge in [0.15, 0.2) is 5.13 Å². The summed E-state index contributed by atoms with van der Waals surface area (Å²) in [5, 5.41) is 2.66. The van der Waals surface area contributed by atoms with Gasteiger partial charge in [0.05, 0.1) is 10.6 Å². The van der Waals surface area contributed by atoms with Gasteiger partial charge < -0.3 is 0 Å². The zero-order valence-electron chi connectivity index (χ0n) is 15.3. The Kier molecular flexibility index (Phi) is 6.39. The van der Waals surface area contributed by atoms with E-state index in [1.807, 2.05) is 25.1 Å². The molecule has 8 heteroatoms. The Morgan fingerprint density at radius 1 is 1.24 bits per heavy atom. The number of nitrogens with one attached hydrogen (secondary N) is 1. The predicted molar refractivity (Wildman–Crippen MR) is 110 cm³/mol. The van der Waals surface area contributed by atoms with Crippen LogP contribution < -0.4 is 5.32 Å². The van der Waals surface area contributed by atoms with E-state index in [4.69, 9.17) is 11.6 Å². The Morgan fingerprint density at radius 3 is 2.76 bits per heavy atom. The lowest BCUT2D eigenvalue weighted by molar-refractivity contribution is -0.137. The number of aromatic nitrogens is 1.